The van der Waals surface area contributed by atoms with Crippen LogP contribution in [0, 0.1) is 5.41 Å². The lowest BCUT2D eigenvalue weighted by Gasteiger charge is -2.61. The summed E-state index contributed by atoms with van der Waals surface area (Å²) in [6.07, 6.45) is 3.26. The van der Waals surface area contributed by atoms with Crippen LogP contribution in [0.25, 0.3) is 11.2 Å². The van der Waals surface area contributed by atoms with Crippen LogP contribution in [0.3, 0.4) is 0 Å². The standard InChI is InChI=1S/C17H18N6O/c1-24-13-4-2-12(3-5-13)22-6-17(7-22)8-23(9-17)16-14-15(19-10-18-14)20-11-21-16/h2-5,10-11H,6-9H2,1H3,(H,18,19,20,21). The van der Waals surface area contributed by atoms with Crippen LogP contribution in [-0.4, -0.2) is 53.2 Å². The molecule has 2 saturated heterocycles. The van der Waals surface area contributed by atoms with E-state index in [1.807, 2.05) is 12.1 Å². The monoisotopic (exact) mass is 322 g/mol. The maximum absolute atomic E-state index is 5.22. The number of nitrogens with zero attached hydrogens (tertiary/aromatic N) is 5. The molecule has 2 aliphatic rings. The minimum absolute atomic E-state index is 0.386. The second kappa shape index (κ2) is 4.83. The number of hydrogen-bond acceptors (Lipinski definition) is 6. The van der Waals surface area contributed by atoms with Crippen molar-refractivity contribution in [2.45, 2.75) is 0 Å². The first-order chi connectivity index (χ1) is 11.8. The zero-order valence-electron chi connectivity index (χ0n) is 13.4. The number of H-pyrrole nitrogens is 1. The Bertz CT molecular complexity index is 875. The molecule has 0 bridgehead atoms. The highest BCUT2D eigenvalue weighted by molar-refractivity contribution is 5.83. The van der Waals surface area contributed by atoms with E-state index in [-0.39, 0.29) is 0 Å². The molecule has 1 spiro atoms. The van der Waals surface area contributed by atoms with Crippen molar-refractivity contribution in [2.75, 3.05) is 43.1 Å². The highest BCUT2D eigenvalue weighted by atomic mass is 16.5. The van der Waals surface area contributed by atoms with E-state index in [0.29, 0.717) is 5.41 Å². The van der Waals surface area contributed by atoms with E-state index < -0.39 is 0 Å². The van der Waals surface area contributed by atoms with Gasteiger partial charge in [0.15, 0.2) is 11.5 Å². The molecule has 0 radical (unpaired) electrons. The van der Waals surface area contributed by atoms with E-state index in [1.54, 1.807) is 19.8 Å². The van der Waals surface area contributed by atoms with Crippen molar-refractivity contribution in [3.05, 3.63) is 36.9 Å². The molecule has 0 atom stereocenters. The topological polar surface area (TPSA) is 70.2 Å². The molecule has 1 aromatic carbocycles. The number of nitrogens with one attached hydrogen (secondary N) is 1. The zero-order valence-corrected chi connectivity index (χ0v) is 13.4. The third-order valence-electron chi connectivity index (χ3n) is 5.05. The first-order valence-electron chi connectivity index (χ1n) is 8.04. The quantitative estimate of drug-likeness (QED) is 0.791. The van der Waals surface area contributed by atoms with Gasteiger partial charge in [-0.05, 0) is 24.3 Å². The van der Waals surface area contributed by atoms with Crippen molar-refractivity contribution in [3.63, 3.8) is 0 Å². The summed E-state index contributed by atoms with van der Waals surface area (Å²) in [4.78, 5) is 20.7. The minimum atomic E-state index is 0.386. The molecule has 24 heavy (non-hydrogen) atoms. The van der Waals surface area contributed by atoms with Crippen molar-refractivity contribution >= 4 is 22.7 Å². The summed E-state index contributed by atoms with van der Waals surface area (Å²) in [6.45, 7) is 4.25. The first-order valence-corrected chi connectivity index (χ1v) is 8.04. The van der Waals surface area contributed by atoms with Crippen LogP contribution in [0.2, 0.25) is 0 Å². The Morgan fingerprint density at radius 3 is 2.50 bits per heavy atom. The van der Waals surface area contributed by atoms with E-state index in [9.17, 15) is 0 Å². The van der Waals surface area contributed by atoms with E-state index in [2.05, 4.69) is 41.9 Å². The van der Waals surface area contributed by atoms with Gasteiger partial charge in [0.25, 0.3) is 0 Å². The van der Waals surface area contributed by atoms with Crippen LogP contribution in [0.5, 0.6) is 5.75 Å². The summed E-state index contributed by atoms with van der Waals surface area (Å²) < 4.78 is 5.22. The van der Waals surface area contributed by atoms with Gasteiger partial charge in [0.1, 0.15) is 17.6 Å². The predicted octanol–water partition coefficient (Wildman–Crippen LogP) is 1.69. The largest absolute Gasteiger partial charge is 0.497 e. The molecular weight excluding hydrogens is 304 g/mol. The molecule has 0 unspecified atom stereocenters. The molecular formula is C17H18N6O. The molecule has 0 aliphatic carbocycles. The van der Waals surface area contributed by atoms with Crippen molar-refractivity contribution in [2.24, 2.45) is 5.41 Å². The van der Waals surface area contributed by atoms with E-state index in [0.717, 1.165) is 48.9 Å². The van der Waals surface area contributed by atoms with Gasteiger partial charge in [0.05, 0.1) is 13.4 Å². The van der Waals surface area contributed by atoms with Gasteiger partial charge in [-0.3, -0.25) is 0 Å². The Hall–Kier alpha value is -2.83. The van der Waals surface area contributed by atoms with Crippen molar-refractivity contribution in [3.8, 4) is 5.75 Å². The molecule has 0 saturated carbocycles. The number of aromatic amines is 1. The van der Waals surface area contributed by atoms with Crippen LogP contribution < -0.4 is 14.5 Å². The Morgan fingerprint density at radius 2 is 1.75 bits per heavy atom. The molecule has 2 aliphatic heterocycles. The summed E-state index contributed by atoms with van der Waals surface area (Å²) in [5, 5.41) is 0. The molecule has 7 heteroatoms. The van der Waals surface area contributed by atoms with Gasteiger partial charge < -0.3 is 19.5 Å². The molecule has 4 heterocycles. The second-order valence-electron chi connectivity index (χ2n) is 6.71. The van der Waals surface area contributed by atoms with Gasteiger partial charge in [-0.25, -0.2) is 15.0 Å². The van der Waals surface area contributed by atoms with E-state index in [4.69, 9.17) is 4.74 Å². The fourth-order valence-electron chi connectivity index (χ4n) is 3.84. The average molecular weight is 322 g/mol. The van der Waals surface area contributed by atoms with Gasteiger partial charge in [-0.1, -0.05) is 0 Å². The molecule has 5 rings (SSSR count). The number of anilines is 2. The minimum Gasteiger partial charge on any atom is -0.497 e. The number of ether oxygens (including phenoxy) is 1. The molecule has 1 N–H and O–H groups in total. The van der Waals surface area contributed by atoms with Crippen LogP contribution in [0.15, 0.2) is 36.9 Å². The lowest BCUT2D eigenvalue weighted by atomic mass is 9.72. The lowest BCUT2D eigenvalue weighted by molar-refractivity contribution is 0.156. The zero-order chi connectivity index (χ0) is 16.1. The normalized spacial score (nSPS) is 18.5. The number of methoxy groups -OCH3 is 1. The van der Waals surface area contributed by atoms with Gasteiger partial charge in [0.2, 0.25) is 0 Å². The summed E-state index contributed by atoms with van der Waals surface area (Å²) in [6, 6.07) is 8.29. The SMILES string of the molecule is COc1ccc(N2CC3(C2)CN(c2ncnc4nc[nH]c24)C3)cc1. The Morgan fingerprint density at radius 1 is 1.00 bits per heavy atom. The maximum Gasteiger partial charge on any atom is 0.182 e. The van der Waals surface area contributed by atoms with Crippen LogP contribution in [-0.2, 0) is 0 Å². The smallest absolute Gasteiger partial charge is 0.182 e. The van der Waals surface area contributed by atoms with E-state index >= 15 is 0 Å². The average Bonchev–Trinajstić information content (AvgIpc) is 3.02. The Kier molecular flexibility index (Phi) is 2.74. The van der Waals surface area contributed by atoms with Crippen molar-refractivity contribution < 1.29 is 4.74 Å². The summed E-state index contributed by atoms with van der Waals surface area (Å²) in [5.74, 6) is 1.86. The highest BCUT2D eigenvalue weighted by Crippen LogP contribution is 2.44. The summed E-state index contributed by atoms with van der Waals surface area (Å²) in [5.41, 5.74) is 3.31. The molecule has 0 amide bonds. The summed E-state index contributed by atoms with van der Waals surface area (Å²) in [7, 11) is 1.69. The number of imidazole rings is 1. The van der Waals surface area contributed by atoms with Crippen molar-refractivity contribution in [1.29, 1.82) is 0 Å². The third kappa shape index (κ3) is 1.94. The number of benzene rings is 1. The Labute approximate surface area is 139 Å². The van der Waals surface area contributed by atoms with Gasteiger partial charge >= 0.3 is 0 Å². The molecule has 3 aromatic rings. The molecule has 2 aromatic heterocycles. The number of hydrogen-bond donors (Lipinski definition) is 1. The third-order valence-corrected chi connectivity index (χ3v) is 5.05. The van der Waals surface area contributed by atoms with Crippen molar-refractivity contribution in [1.82, 2.24) is 19.9 Å². The lowest BCUT2D eigenvalue weighted by Crippen LogP contribution is -2.72. The highest BCUT2D eigenvalue weighted by Gasteiger charge is 2.52. The van der Waals surface area contributed by atoms with Crippen LogP contribution in [0.4, 0.5) is 11.5 Å². The molecule has 2 fully saturated rings. The summed E-state index contributed by atoms with van der Waals surface area (Å²) >= 11 is 0. The molecule has 7 nitrogen and oxygen atoms in total. The van der Waals surface area contributed by atoms with Crippen LogP contribution >= 0.6 is 0 Å². The number of rotatable bonds is 3. The van der Waals surface area contributed by atoms with Crippen LogP contribution in [0.1, 0.15) is 0 Å². The van der Waals surface area contributed by atoms with Gasteiger partial charge in [-0.2, -0.15) is 0 Å². The fraction of sp³-hybridized carbons (Fsp3) is 0.353. The fourth-order valence-corrected chi connectivity index (χ4v) is 3.84. The Balaban J connectivity index is 1.27. The van der Waals surface area contributed by atoms with Gasteiger partial charge in [-0.15, -0.1) is 0 Å². The first kappa shape index (κ1) is 13.6. The maximum atomic E-state index is 5.22. The number of fused-ring (bicyclic) bond motifs is 1. The van der Waals surface area contributed by atoms with E-state index in [1.165, 1.54) is 5.69 Å². The molecule has 122 valence electrons. The second-order valence-corrected chi connectivity index (χ2v) is 6.71. The van der Waals surface area contributed by atoms with Gasteiger partial charge in [0, 0.05) is 37.3 Å². The number of aromatic nitrogens is 4. The predicted molar refractivity (Wildman–Crippen MR) is 91.5 cm³/mol.